The molecule has 6 nitrogen and oxygen atoms in total. The zero-order valence-corrected chi connectivity index (χ0v) is 8.19. The lowest BCUT2D eigenvalue weighted by molar-refractivity contribution is -0.117. The van der Waals surface area contributed by atoms with Gasteiger partial charge in [0.05, 0.1) is 0 Å². The highest BCUT2D eigenvalue weighted by Gasteiger charge is 2.39. The zero-order chi connectivity index (χ0) is 9.86. The third-order valence-corrected chi connectivity index (χ3v) is 2.47. The fourth-order valence-corrected chi connectivity index (χ4v) is 1.76. The molecule has 0 saturated carbocycles. The molecular formula is C8H14N4O2. The Hall–Kier alpha value is -1.01. The molecule has 0 radical (unpaired) electrons. The summed E-state index contributed by atoms with van der Waals surface area (Å²) in [4.78, 5) is 0. The van der Waals surface area contributed by atoms with Crippen LogP contribution in [0.3, 0.4) is 0 Å². The Labute approximate surface area is 82.0 Å². The van der Waals surface area contributed by atoms with Gasteiger partial charge in [0, 0.05) is 32.7 Å². The number of hydrogen-bond donors (Lipinski definition) is 1. The van der Waals surface area contributed by atoms with Crippen LogP contribution < -0.4 is 0 Å². The van der Waals surface area contributed by atoms with Gasteiger partial charge in [-0.1, -0.05) is 5.21 Å². The average Bonchev–Trinajstić information content (AvgIpc) is 2.73. The van der Waals surface area contributed by atoms with Gasteiger partial charge in [-0.3, -0.25) is 0 Å². The number of nitrogens with zero attached hydrogens (tertiary/aromatic N) is 3. The van der Waals surface area contributed by atoms with Gasteiger partial charge in [0.25, 0.3) is 0 Å². The summed E-state index contributed by atoms with van der Waals surface area (Å²) in [5, 5.41) is 14.0. The van der Waals surface area contributed by atoms with Crippen LogP contribution >= 0.6 is 0 Å². The molecule has 1 aromatic rings. The third kappa shape index (κ3) is 1.62. The van der Waals surface area contributed by atoms with Crippen LogP contribution in [-0.4, -0.2) is 40.4 Å². The monoisotopic (exact) mass is 198 g/mol. The lowest BCUT2D eigenvalue weighted by Gasteiger charge is -2.33. The van der Waals surface area contributed by atoms with Gasteiger partial charge in [0.2, 0.25) is 5.82 Å². The molecule has 0 spiro atoms. The van der Waals surface area contributed by atoms with E-state index in [0.29, 0.717) is 25.6 Å². The molecule has 0 aliphatic carbocycles. The molecule has 0 unspecified atom stereocenters. The first-order valence-electron chi connectivity index (χ1n) is 4.83. The third-order valence-electron chi connectivity index (χ3n) is 2.47. The fourth-order valence-electron chi connectivity index (χ4n) is 1.76. The Balaban J connectivity index is 2.20. The molecule has 6 heteroatoms. The molecule has 78 valence electrons. The average molecular weight is 198 g/mol. The van der Waals surface area contributed by atoms with E-state index in [-0.39, 0.29) is 5.60 Å². The summed E-state index contributed by atoms with van der Waals surface area (Å²) >= 11 is 0. The second-order valence-corrected chi connectivity index (χ2v) is 3.28. The van der Waals surface area contributed by atoms with Crippen LogP contribution in [-0.2, 0) is 15.1 Å². The minimum absolute atomic E-state index is 0.389. The van der Waals surface area contributed by atoms with E-state index < -0.39 is 0 Å². The first-order chi connectivity index (χ1) is 6.87. The van der Waals surface area contributed by atoms with E-state index in [2.05, 4.69) is 20.6 Å². The molecule has 1 aliphatic rings. The maximum Gasteiger partial charge on any atom is 0.206 e. The van der Waals surface area contributed by atoms with E-state index in [1.165, 1.54) is 0 Å². The topological polar surface area (TPSA) is 72.9 Å². The number of rotatable bonds is 3. The number of hydrogen-bond acceptors (Lipinski definition) is 5. The summed E-state index contributed by atoms with van der Waals surface area (Å²) in [6.45, 7) is 3.99. The molecule has 0 bridgehead atoms. The van der Waals surface area contributed by atoms with Crippen LogP contribution in [0, 0.1) is 0 Å². The van der Waals surface area contributed by atoms with Crippen molar-refractivity contribution in [2.75, 3.05) is 19.8 Å². The largest absolute Gasteiger partial charge is 0.381 e. The van der Waals surface area contributed by atoms with E-state index in [1.54, 1.807) is 0 Å². The van der Waals surface area contributed by atoms with Gasteiger partial charge < -0.3 is 9.47 Å². The predicted molar refractivity (Wildman–Crippen MR) is 47.5 cm³/mol. The van der Waals surface area contributed by atoms with Gasteiger partial charge in [-0.2, -0.15) is 5.21 Å². The van der Waals surface area contributed by atoms with Crippen molar-refractivity contribution >= 4 is 0 Å². The molecule has 2 rings (SSSR count). The SMILES string of the molecule is CCOC1(c2nn[nH]n2)CCOCC1. The van der Waals surface area contributed by atoms with Crippen LogP contribution in [0.4, 0.5) is 0 Å². The van der Waals surface area contributed by atoms with E-state index in [9.17, 15) is 0 Å². The molecular weight excluding hydrogens is 184 g/mol. The Bertz CT molecular complexity index is 263. The fraction of sp³-hybridized carbons (Fsp3) is 0.875. The number of ether oxygens (including phenoxy) is 2. The minimum Gasteiger partial charge on any atom is -0.381 e. The molecule has 1 aromatic heterocycles. The van der Waals surface area contributed by atoms with Crippen molar-refractivity contribution in [2.24, 2.45) is 0 Å². The van der Waals surface area contributed by atoms with Crippen LogP contribution in [0.25, 0.3) is 0 Å². The number of nitrogens with one attached hydrogen (secondary N) is 1. The van der Waals surface area contributed by atoms with Crippen molar-refractivity contribution in [1.29, 1.82) is 0 Å². The standard InChI is InChI=1S/C8H14N4O2/c1-2-14-8(3-5-13-6-4-8)7-9-11-12-10-7/h2-6H2,1H3,(H,9,10,11,12). The van der Waals surface area contributed by atoms with E-state index in [4.69, 9.17) is 9.47 Å². The van der Waals surface area contributed by atoms with Crippen LogP contribution in [0.1, 0.15) is 25.6 Å². The molecule has 1 fully saturated rings. The molecule has 0 aromatic carbocycles. The van der Waals surface area contributed by atoms with Gasteiger partial charge in [-0.05, 0) is 6.92 Å². The Morgan fingerprint density at radius 1 is 1.50 bits per heavy atom. The van der Waals surface area contributed by atoms with Crippen molar-refractivity contribution in [1.82, 2.24) is 20.6 Å². The lowest BCUT2D eigenvalue weighted by atomic mass is 9.93. The second-order valence-electron chi connectivity index (χ2n) is 3.28. The summed E-state index contributed by atoms with van der Waals surface area (Å²) in [6, 6.07) is 0. The zero-order valence-electron chi connectivity index (χ0n) is 8.19. The summed E-state index contributed by atoms with van der Waals surface area (Å²) < 4.78 is 11.1. The normalized spacial score (nSPS) is 20.9. The molecule has 0 amide bonds. The summed E-state index contributed by atoms with van der Waals surface area (Å²) in [6.07, 6.45) is 1.58. The van der Waals surface area contributed by atoms with Gasteiger partial charge in [-0.15, -0.1) is 10.2 Å². The van der Waals surface area contributed by atoms with Gasteiger partial charge >= 0.3 is 0 Å². The van der Waals surface area contributed by atoms with Crippen LogP contribution in [0.2, 0.25) is 0 Å². The molecule has 1 N–H and O–H groups in total. The molecule has 1 saturated heterocycles. The van der Waals surface area contributed by atoms with Crippen LogP contribution in [0.15, 0.2) is 0 Å². The van der Waals surface area contributed by atoms with E-state index >= 15 is 0 Å². The quantitative estimate of drug-likeness (QED) is 0.753. The van der Waals surface area contributed by atoms with Crippen molar-refractivity contribution in [3.05, 3.63) is 5.82 Å². The van der Waals surface area contributed by atoms with Gasteiger partial charge in [-0.25, -0.2) is 0 Å². The van der Waals surface area contributed by atoms with E-state index in [1.807, 2.05) is 6.92 Å². The summed E-state index contributed by atoms with van der Waals surface area (Å²) in [5.41, 5.74) is -0.389. The maximum absolute atomic E-state index is 5.75. The molecule has 2 heterocycles. The second kappa shape index (κ2) is 4.02. The molecule has 1 aliphatic heterocycles. The van der Waals surface area contributed by atoms with Crippen molar-refractivity contribution in [3.8, 4) is 0 Å². The first-order valence-corrected chi connectivity index (χ1v) is 4.83. The minimum atomic E-state index is -0.389. The van der Waals surface area contributed by atoms with Gasteiger partial charge in [0.1, 0.15) is 5.60 Å². The number of tetrazole rings is 1. The van der Waals surface area contributed by atoms with Crippen molar-refractivity contribution < 1.29 is 9.47 Å². The Morgan fingerprint density at radius 2 is 2.29 bits per heavy atom. The van der Waals surface area contributed by atoms with E-state index in [0.717, 1.165) is 12.8 Å². The Kier molecular flexibility index (Phi) is 2.74. The highest BCUT2D eigenvalue weighted by Crippen LogP contribution is 2.33. The van der Waals surface area contributed by atoms with Crippen molar-refractivity contribution in [2.45, 2.75) is 25.4 Å². The highest BCUT2D eigenvalue weighted by atomic mass is 16.5. The lowest BCUT2D eigenvalue weighted by Crippen LogP contribution is -2.37. The van der Waals surface area contributed by atoms with Crippen molar-refractivity contribution in [3.63, 3.8) is 0 Å². The molecule has 14 heavy (non-hydrogen) atoms. The number of aromatic amines is 1. The summed E-state index contributed by atoms with van der Waals surface area (Å²) in [5.74, 6) is 0.641. The first kappa shape index (κ1) is 9.54. The number of H-pyrrole nitrogens is 1. The predicted octanol–water partition coefficient (Wildman–Crippen LogP) is 0.242. The number of aromatic nitrogens is 4. The highest BCUT2D eigenvalue weighted by molar-refractivity contribution is 5.00. The van der Waals surface area contributed by atoms with Gasteiger partial charge in [0.15, 0.2) is 0 Å². The smallest absolute Gasteiger partial charge is 0.206 e. The maximum atomic E-state index is 5.75. The van der Waals surface area contributed by atoms with Crippen LogP contribution in [0.5, 0.6) is 0 Å². The Morgan fingerprint density at radius 3 is 2.86 bits per heavy atom. The summed E-state index contributed by atoms with van der Waals surface area (Å²) in [7, 11) is 0. The molecule has 0 atom stereocenters.